The summed E-state index contributed by atoms with van der Waals surface area (Å²) in [7, 11) is 0. The predicted octanol–water partition coefficient (Wildman–Crippen LogP) is 2.30. The molecule has 3 nitrogen and oxygen atoms in total. The van der Waals surface area contributed by atoms with Gasteiger partial charge in [0.15, 0.2) is 0 Å². The highest BCUT2D eigenvalue weighted by molar-refractivity contribution is 5.91. The first-order valence-electron chi connectivity index (χ1n) is 6.59. The van der Waals surface area contributed by atoms with E-state index in [1.807, 2.05) is 0 Å². The van der Waals surface area contributed by atoms with Gasteiger partial charge in [-0.1, -0.05) is 26.0 Å². The van der Waals surface area contributed by atoms with Gasteiger partial charge in [-0.2, -0.15) is 0 Å². The van der Waals surface area contributed by atoms with E-state index in [1.165, 1.54) is 18.2 Å². The van der Waals surface area contributed by atoms with E-state index in [0.29, 0.717) is 12.1 Å². The van der Waals surface area contributed by atoms with Gasteiger partial charge in [0.1, 0.15) is 5.82 Å². The molecule has 1 aromatic rings. The van der Waals surface area contributed by atoms with Crippen molar-refractivity contribution >= 4 is 12.0 Å². The van der Waals surface area contributed by atoms with Crippen molar-refractivity contribution in [2.45, 2.75) is 13.8 Å². The molecule has 0 spiro atoms. The summed E-state index contributed by atoms with van der Waals surface area (Å²) in [5.74, 6) is -0.458. The molecule has 0 radical (unpaired) electrons. The van der Waals surface area contributed by atoms with Crippen LogP contribution in [0, 0.1) is 5.82 Å². The van der Waals surface area contributed by atoms with Crippen LogP contribution in [0.3, 0.4) is 0 Å². The highest BCUT2D eigenvalue weighted by Crippen LogP contribution is 2.04. The second-order valence-electron chi connectivity index (χ2n) is 4.21. The van der Waals surface area contributed by atoms with Gasteiger partial charge in [0.05, 0.1) is 0 Å². The largest absolute Gasteiger partial charge is 0.351 e. The molecule has 0 atom stereocenters. The minimum absolute atomic E-state index is 0.156. The summed E-state index contributed by atoms with van der Waals surface area (Å²) in [6.45, 7) is 7.60. The van der Waals surface area contributed by atoms with Crippen molar-refractivity contribution in [2.75, 3.05) is 26.2 Å². The molecule has 0 unspecified atom stereocenters. The number of carbonyl (C=O) groups excluding carboxylic acids is 1. The lowest BCUT2D eigenvalue weighted by molar-refractivity contribution is -0.116. The molecule has 0 bridgehead atoms. The maximum absolute atomic E-state index is 12.9. The summed E-state index contributed by atoms with van der Waals surface area (Å²) in [4.78, 5) is 13.8. The van der Waals surface area contributed by atoms with Crippen LogP contribution in [0.15, 0.2) is 30.3 Å². The monoisotopic (exact) mass is 264 g/mol. The minimum Gasteiger partial charge on any atom is -0.351 e. The summed E-state index contributed by atoms with van der Waals surface area (Å²) >= 11 is 0. The molecule has 1 N–H and O–H groups in total. The Balaban J connectivity index is 2.35. The van der Waals surface area contributed by atoms with E-state index in [4.69, 9.17) is 0 Å². The first-order chi connectivity index (χ1) is 9.15. The Kier molecular flexibility index (Phi) is 6.82. The topological polar surface area (TPSA) is 32.3 Å². The molecule has 1 rings (SSSR count). The summed E-state index contributed by atoms with van der Waals surface area (Å²) in [5.41, 5.74) is 0.680. The van der Waals surface area contributed by atoms with Crippen LogP contribution in [-0.4, -0.2) is 37.0 Å². The summed E-state index contributed by atoms with van der Waals surface area (Å²) < 4.78 is 12.9. The van der Waals surface area contributed by atoms with Gasteiger partial charge in [-0.15, -0.1) is 0 Å². The van der Waals surface area contributed by atoms with Gasteiger partial charge in [0, 0.05) is 19.2 Å². The van der Waals surface area contributed by atoms with Crippen molar-refractivity contribution in [1.29, 1.82) is 0 Å². The molecule has 0 aromatic heterocycles. The van der Waals surface area contributed by atoms with E-state index in [1.54, 1.807) is 18.2 Å². The molecule has 0 aliphatic carbocycles. The zero-order chi connectivity index (χ0) is 14.1. The van der Waals surface area contributed by atoms with Crippen LogP contribution in [0.5, 0.6) is 0 Å². The van der Waals surface area contributed by atoms with Gasteiger partial charge in [-0.25, -0.2) is 4.39 Å². The summed E-state index contributed by atoms with van der Waals surface area (Å²) in [5, 5.41) is 2.81. The van der Waals surface area contributed by atoms with Gasteiger partial charge in [0.25, 0.3) is 0 Å². The molecule has 1 aromatic carbocycles. The molecule has 1 amide bonds. The van der Waals surface area contributed by atoms with E-state index in [0.717, 1.165) is 19.6 Å². The minimum atomic E-state index is -0.302. The fraction of sp³-hybridized carbons (Fsp3) is 0.400. The SMILES string of the molecule is CCN(CC)CCNC(=O)C=Cc1cccc(F)c1. The highest BCUT2D eigenvalue weighted by atomic mass is 19.1. The second-order valence-corrected chi connectivity index (χ2v) is 4.21. The number of carbonyl (C=O) groups is 1. The Morgan fingerprint density at radius 3 is 2.74 bits per heavy atom. The van der Waals surface area contributed by atoms with Gasteiger partial charge in [0.2, 0.25) is 5.91 Å². The Labute approximate surface area is 114 Å². The Hall–Kier alpha value is -1.68. The molecule has 0 fully saturated rings. The number of rotatable bonds is 7. The van der Waals surface area contributed by atoms with Crippen LogP contribution in [0.25, 0.3) is 6.08 Å². The average molecular weight is 264 g/mol. The number of benzene rings is 1. The molecule has 0 aliphatic heterocycles. The number of hydrogen-bond acceptors (Lipinski definition) is 2. The van der Waals surface area contributed by atoms with E-state index in [2.05, 4.69) is 24.1 Å². The van der Waals surface area contributed by atoms with Gasteiger partial charge < -0.3 is 10.2 Å². The molecule has 0 saturated carbocycles. The number of nitrogens with zero attached hydrogens (tertiary/aromatic N) is 1. The zero-order valence-electron chi connectivity index (χ0n) is 11.5. The van der Waals surface area contributed by atoms with Crippen LogP contribution in [0.1, 0.15) is 19.4 Å². The lowest BCUT2D eigenvalue weighted by atomic mass is 10.2. The molecule has 0 aliphatic rings. The van der Waals surface area contributed by atoms with Crippen LogP contribution >= 0.6 is 0 Å². The smallest absolute Gasteiger partial charge is 0.244 e. The van der Waals surface area contributed by atoms with Crippen molar-refractivity contribution in [1.82, 2.24) is 10.2 Å². The number of likely N-dealkylation sites (N-methyl/N-ethyl adjacent to an activating group) is 1. The van der Waals surface area contributed by atoms with Crippen LogP contribution in [-0.2, 0) is 4.79 Å². The van der Waals surface area contributed by atoms with Crippen LogP contribution in [0.2, 0.25) is 0 Å². The van der Waals surface area contributed by atoms with Crippen LogP contribution in [0.4, 0.5) is 4.39 Å². The molecule has 0 saturated heterocycles. The quantitative estimate of drug-likeness (QED) is 0.766. The molecule has 4 heteroatoms. The molecular weight excluding hydrogens is 243 g/mol. The second kappa shape index (κ2) is 8.43. The number of hydrogen-bond donors (Lipinski definition) is 1. The Morgan fingerprint density at radius 1 is 1.37 bits per heavy atom. The third-order valence-corrected chi connectivity index (χ3v) is 2.90. The molecule has 19 heavy (non-hydrogen) atoms. The van der Waals surface area contributed by atoms with E-state index in [9.17, 15) is 9.18 Å². The number of amides is 1. The predicted molar refractivity (Wildman–Crippen MR) is 76.2 cm³/mol. The third kappa shape index (κ3) is 6.15. The molecular formula is C15H21FN2O. The highest BCUT2D eigenvalue weighted by Gasteiger charge is 1.99. The van der Waals surface area contributed by atoms with Crippen molar-refractivity contribution in [3.63, 3.8) is 0 Å². The average Bonchev–Trinajstić information content (AvgIpc) is 2.41. The van der Waals surface area contributed by atoms with E-state index < -0.39 is 0 Å². The number of nitrogens with one attached hydrogen (secondary N) is 1. The lowest BCUT2D eigenvalue weighted by Crippen LogP contribution is -2.34. The van der Waals surface area contributed by atoms with Crippen LogP contribution < -0.4 is 5.32 Å². The van der Waals surface area contributed by atoms with Crippen molar-refractivity contribution in [3.05, 3.63) is 41.7 Å². The summed E-state index contributed by atoms with van der Waals surface area (Å²) in [6.07, 6.45) is 3.03. The number of halogens is 1. The molecule has 104 valence electrons. The maximum Gasteiger partial charge on any atom is 0.244 e. The zero-order valence-corrected chi connectivity index (χ0v) is 11.5. The Bertz CT molecular complexity index is 428. The van der Waals surface area contributed by atoms with Crippen molar-refractivity contribution < 1.29 is 9.18 Å². The lowest BCUT2D eigenvalue weighted by Gasteiger charge is -2.17. The fourth-order valence-electron chi connectivity index (χ4n) is 1.72. The van der Waals surface area contributed by atoms with Gasteiger partial charge in [-0.3, -0.25) is 4.79 Å². The fourth-order valence-corrected chi connectivity index (χ4v) is 1.72. The third-order valence-electron chi connectivity index (χ3n) is 2.90. The van der Waals surface area contributed by atoms with Crippen molar-refractivity contribution in [3.8, 4) is 0 Å². The molecule has 0 heterocycles. The van der Waals surface area contributed by atoms with E-state index >= 15 is 0 Å². The van der Waals surface area contributed by atoms with Gasteiger partial charge in [-0.05, 0) is 36.9 Å². The maximum atomic E-state index is 12.9. The standard InChI is InChI=1S/C15H21FN2O/c1-3-18(4-2)11-10-17-15(19)9-8-13-6-5-7-14(16)12-13/h5-9,12H,3-4,10-11H2,1-2H3,(H,17,19). The first-order valence-corrected chi connectivity index (χ1v) is 6.59. The summed E-state index contributed by atoms with van der Waals surface area (Å²) in [6, 6.07) is 6.14. The normalized spacial score (nSPS) is 11.2. The first kappa shape index (κ1) is 15.4. The van der Waals surface area contributed by atoms with E-state index in [-0.39, 0.29) is 11.7 Å². The Morgan fingerprint density at radius 2 is 2.11 bits per heavy atom. The van der Waals surface area contributed by atoms with Crippen molar-refractivity contribution in [2.24, 2.45) is 0 Å². The van der Waals surface area contributed by atoms with Gasteiger partial charge >= 0.3 is 0 Å².